The molecule has 6 nitrogen and oxygen atoms in total. The van der Waals surface area contributed by atoms with Gasteiger partial charge in [-0.05, 0) is 36.4 Å². The Morgan fingerprint density at radius 1 is 1.08 bits per heavy atom. The molecule has 0 bridgehead atoms. The van der Waals surface area contributed by atoms with Crippen molar-refractivity contribution in [2.24, 2.45) is 5.10 Å². The van der Waals surface area contributed by atoms with Crippen LogP contribution in [0.15, 0.2) is 62.6 Å². The summed E-state index contributed by atoms with van der Waals surface area (Å²) in [7, 11) is 1.22. The number of hydrogen-bond acceptors (Lipinski definition) is 5. The van der Waals surface area contributed by atoms with Gasteiger partial charge in [-0.2, -0.15) is 10.1 Å². The van der Waals surface area contributed by atoms with Gasteiger partial charge in [-0.15, -0.1) is 0 Å². The molecule has 0 saturated carbocycles. The zero-order valence-electron chi connectivity index (χ0n) is 13.6. The van der Waals surface area contributed by atoms with Crippen LogP contribution in [0.5, 0.6) is 0 Å². The molecule has 26 heavy (non-hydrogen) atoms. The van der Waals surface area contributed by atoms with Crippen LogP contribution in [0.3, 0.4) is 0 Å². The lowest BCUT2D eigenvalue weighted by Crippen LogP contribution is -2.43. The molecule has 1 unspecified atom stereocenters. The van der Waals surface area contributed by atoms with Crippen LogP contribution in [-0.4, -0.2) is 34.8 Å². The van der Waals surface area contributed by atoms with E-state index in [2.05, 4.69) is 37.0 Å². The molecule has 2 aromatic rings. The SMILES string of the molecule is COC(=O)C1=NN(C(=O)c2ccc(Br)cc2)C(O)(c2ccc(Br)cc2)C1. The Hall–Kier alpha value is -2.03. The summed E-state index contributed by atoms with van der Waals surface area (Å²) in [6, 6.07) is 13.5. The largest absolute Gasteiger partial charge is 0.464 e. The minimum Gasteiger partial charge on any atom is -0.464 e. The fourth-order valence-electron chi connectivity index (χ4n) is 2.65. The van der Waals surface area contributed by atoms with E-state index in [9.17, 15) is 14.7 Å². The molecule has 134 valence electrons. The number of ether oxygens (including phenoxy) is 1. The van der Waals surface area contributed by atoms with Crippen molar-refractivity contribution in [1.29, 1.82) is 0 Å². The van der Waals surface area contributed by atoms with Gasteiger partial charge in [-0.1, -0.05) is 44.0 Å². The highest BCUT2D eigenvalue weighted by molar-refractivity contribution is 9.10. The standard InChI is InChI=1S/C18H14Br2N2O4/c1-26-17(24)15-10-18(25,12-4-8-14(20)9-5-12)22(21-15)16(23)11-2-6-13(19)7-3-11/h2-9,25H,10H2,1H3. The molecular formula is C18H14Br2N2O4. The minimum absolute atomic E-state index is 0.0246. The third kappa shape index (κ3) is 3.44. The third-order valence-electron chi connectivity index (χ3n) is 4.00. The van der Waals surface area contributed by atoms with E-state index < -0.39 is 17.6 Å². The molecule has 3 rings (SSSR count). The molecule has 1 heterocycles. The molecular weight excluding hydrogens is 468 g/mol. The second-order valence-corrected chi connectivity index (χ2v) is 7.49. The van der Waals surface area contributed by atoms with Gasteiger partial charge in [0.2, 0.25) is 0 Å². The molecule has 1 N–H and O–H groups in total. The average molecular weight is 482 g/mol. The van der Waals surface area contributed by atoms with Gasteiger partial charge in [0.1, 0.15) is 0 Å². The number of amides is 1. The number of nitrogens with zero attached hydrogens (tertiary/aromatic N) is 2. The number of rotatable bonds is 3. The first kappa shape index (κ1) is 18.8. The second-order valence-electron chi connectivity index (χ2n) is 5.66. The molecule has 1 aliphatic heterocycles. The lowest BCUT2D eigenvalue weighted by Gasteiger charge is -2.31. The highest BCUT2D eigenvalue weighted by atomic mass is 79.9. The van der Waals surface area contributed by atoms with Gasteiger partial charge in [-0.3, -0.25) is 4.79 Å². The van der Waals surface area contributed by atoms with Crippen molar-refractivity contribution in [1.82, 2.24) is 5.01 Å². The summed E-state index contributed by atoms with van der Waals surface area (Å²) in [6.07, 6.45) is -0.163. The van der Waals surface area contributed by atoms with Crippen molar-refractivity contribution in [2.45, 2.75) is 12.1 Å². The number of carbonyl (C=O) groups is 2. The van der Waals surface area contributed by atoms with E-state index in [-0.39, 0.29) is 12.1 Å². The van der Waals surface area contributed by atoms with E-state index in [0.29, 0.717) is 11.1 Å². The Bertz CT molecular complexity index is 881. The van der Waals surface area contributed by atoms with Crippen molar-refractivity contribution < 1.29 is 19.4 Å². The molecule has 0 saturated heterocycles. The lowest BCUT2D eigenvalue weighted by atomic mass is 9.97. The number of carbonyl (C=O) groups excluding carboxylic acids is 2. The van der Waals surface area contributed by atoms with Crippen LogP contribution in [0.25, 0.3) is 0 Å². The third-order valence-corrected chi connectivity index (χ3v) is 5.05. The van der Waals surface area contributed by atoms with E-state index in [4.69, 9.17) is 4.74 Å². The van der Waals surface area contributed by atoms with Crippen molar-refractivity contribution in [2.75, 3.05) is 7.11 Å². The van der Waals surface area contributed by atoms with Gasteiger partial charge in [0.15, 0.2) is 11.4 Å². The molecule has 0 radical (unpaired) electrons. The number of halogens is 2. The minimum atomic E-state index is -1.78. The van der Waals surface area contributed by atoms with E-state index in [0.717, 1.165) is 14.0 Å². The zero-order valence-corrected chi connectivity index (χ0v) is 16.8. The Labute approximate surface area is 166 Å². The van der Waals surface area contributed by atoms with E-state index in [1.54, 1.807) is 48.5 Å². The molecule has 1 amide bonds. The second kappa shape index (κ2) is 7.30. The van der Waals surface area contributed by atoms with E-state index >= 15 is 0 Å². The summed E-state index contributed by atoms with van der Waals surface area (Å²) in [5.74, 6) is -1.21. The number of hydrogen-bond donors (Lipinski definition) is 1. The van der Waals surface area contributed by atoms with Gasteiger partial charge >= 0.3 is 5.97 Å². The maximum Gasteiger partial charge on any atom is 0.354 e. The topological polar surface area (TPSA) is 79.2 Å². The normalized spacial score (nSPS) is 19.2. The van der Waals surface area contributed by atoms with Gasteiger partial charge in [0.05, 0.1) is 13.5 Å². The number of methoxy groups -OCH3 is 1. The molecule has 0 aliphatic carbocycles. The quantitative estimate of drug-likeness (QED) is 0.681. The van der Waals surface area contributed by atoms with E-state index in [1.807, 2.05) is 0 Å². The molecule has 0 aromatic heterocycles. The molecule has 1 aliphatic rings. The zero-order chi connectivity index (χ0) is 18.9. The van der Waals surface area contributed by atoms with Crippen molar-refractivity contribution in [3.8, 4) is 0 Å². The Kier molecular flexibility index (Phi) is 5.27. The predicted octanol–water partition coefficient (Wildman–Crippen LogP) is 3.43. The van der Waals surface area contributed by atoms with Crippen LogP contribution >= 0.6 is 31.9 Å². The van der Waals surface area contributed by atoms with Crippen molar-refractivity contribution in [3.05, 3.63) is 68.6 Å². The van der Waals surface area contributed by atoms with Crippen LogP contribution in [-0.2, 0) is 15.3 Å². The first-order valence-corrected chi connectivity index (χ1v) is 9.18. The highest BCUT2D eigenvalue weighted by Gasteiger charge is 2.48. The van der Waals surface area contributed by atoms with Gasteiger partial charge in [-0.25, -0.2) is 4.79 Å². The van der Waals surface area contributed by atoms with Crippen LogP contribution in [0.2, 0.25) is 0 Å². The number of benzene rings is 2. The predicted molar refractivity (Wildman–Crippen MR) is 102 cm³/mol. The fourth-order valence-corrected chi connectivity index (χ4v) is 3.18. The Morgan fingerprint density at radius 3 is 2.15 bits per heavy atom. The van der Waals surface area contributed by atoms with Gasteiger partial charge in [0.25, 0.3) is 5.91 Å². The Balaban J connectivity index is 2.05. The maximum atomic E-state index is 13.0. The first-order valence-electron chi connectivity index (χ1n) is 7.59. The van der Waals surface area contributed by atoms with Crippen LogP contribution in [0, 0.1) is 0 Å². The molecule has 2 aromatic carbocycles. The number of aliphatic hydroxyl groups is 1. The molecule has 0 fully saturated rings. The summed E-state index contributed by atoms with van der Waals surface area (Å²) >= 11 is 6.65. The maximum absolute atomic E-state index is 13.0. The number of esters is 1. The van der Waals surface area contributed by atoms with Crippen LogP contribution in [0.4, 0.5) is 0 Å². The molecule has 0 spiro atoms. The number of hydrazone groups is 1. The van der Waals surface area contributed by atoms with Crippen molar-refractivity contribution in [3.63, 3.8) is 0 Å². The lowest BCUT2D eigenvalue weighted by molar-refractivity contribution is -0.133. The highest BCUT2D eigenvalue weighted by Crippen LogP contribution is 2.37. The summed E-state index contributed by atoms with van der Waals surface area (Å²) in [4.78, 5) is 24.9. The summed E-state index contributed by atoms with van der Waals surface area (Å²) in [6.45, 7) is 0. The smallest absolute Gasteiger partial charge is 0.354 e. The summed E-state index contributed by atoms with van der Waals surface area (Å²) in [5.41, 5.74) is -1.04. The van der Waals surface area contributed by atoms with Crippen molar-refractivity contribution >= 4 is 49.4 Å². The van der Waals surface area contributed by atoms with Crippen LogP contribution in [0.1, 0.15) is 22.3 Å². The monoisotopic (exact) mass is 480 g/mol. The molecule has 1 atom stereocenters. The Morgan fingerprint density at radius 2 is 1.62 bits per heavy atom. The van der Waals surface area contributed by atoms with Gasteiger partial charge in [0, 0.05) is 20.1 Å². The first-order chi connectivity index (χ1) is 12.3. The average Bonchev–Trinajstić information content (AvgIpc) is 3.00. The van der Waals surface area contributed by atoms with E-state index in [1.165, 1.54) is 7.11 Å². The van der Waals surface area contributed by atoms with Gasteiger partial charge < -0.3 is 9.84 Å². The fraction of sp³-hybridized carbons (Fsp3) is 0.167. The summed E-state index contributed by atoms with van der Waals surface area (Å²) in [5, 5.41) is 16.3. The van der Waals surface area contributed by atoms with Crippen LogP contribution < -0.4 is 0 Å². The molecule has 8 heteroatoms. The summed E-state index contributed by atoms with van der Waals surface area (Å²) < 4.78 is 6.34.